The predicted molar refractivity (Wildman–Crippen MR) is 54.2 cm³/mol. The van der Waals surface area contributed by atoms with Crippen LogP contribution in [0.2, 0.25) is 0 Å². The summed E-state index contributed by atoms with van der Waals surface area (Å²) in [6, 6.07) is 9.78. The molecule has 0 bridgehead atoms. The summed E-state index contributed by atoms with van der Waals surface area (Å²) in [5, 5.41) is 1.01. The molecule has 13 heavy (non-hydrogen) atoms. The molecule has 1 heterocycles. The predicted octanol–water partition coefficient (Wildman–Crippen LogP) is 1.71. The molecular formula is C10H13O2P. The Bertz CT molecular complexity index is 311. The van der Waals surface area contributed by atoms with Gasteiger partial charge < -0.3 is 9.30 Å². The highest BCUT2D eigenvalue weighted by Gasteiger charge is 2.26. The lowest BCUT2D eigenvalue weighted by atomic mass is 10.4. The van der Waals surface area contributed by atoms with Gasteiger partial charge in [-0.2, -0.15) is 0 Å². The topological polar surface area (TPSA) is 26.3 Å². The Labute approximate surface area is 78.3 Å². The Morgan fingerprint density at radius 3 is 2.31 bits per heavy atom. The van der Waals surface area contributed by atoms with Gasteiger partial charge in [-0.05, 0) is 0 Å². The zero-order valence-electron chi connectivity index (χ0n) is 7.48. The minimum atomic E-state index is -2.09. The SMILES string of the molecule is O=P1(c2ccccc2)CCOCC1. The largest absolute Gasteiger partial charge is 0.380 e. The minimum absolute atomic E-state index is 0.645. The third kappa shape index (κ3) is 1.84. The van der Waals surface area contributed by atoms with Crippen molar-refractivity contribution in [2.45, 2.75) is 0 Å². The number of ether oxygens (including phenoxy) is 1. The summed E-state index contributed by atoms with van der Waals surface area (Å²) < 4.78 is 17.6. The highest BCUT2D eigenvalue weighted by Crippen LogP contribution is 2.45. The molecule has 1 aliphatic rings. The zero-order valence-corrected chi connectivity index (χ0v) is 8.37. The molecule has 1 saturated heterocycles. The van der Waals surface area contributed by atoms with Gasteiger partial charge in [0.2, 0.25) is 0 Å². The van der Waals surface area contributed by atoms with E-state index in [1.165, 1.54) is 0 Å². The van der Waals surface area contributed by atoms with Crippen LogP contribution in [0.3, 0.4) is 0 Å². The van der Waals surface area contributed by atoms with E-state index in [1.807, 2.05) is 30.3 Å². The second-order valence-electron chi connectivity index (χ2n) is 3.28. The summed E-state index contributed by atoms with van der Waals surface area (Å²) in [6.45, 7) is 1.29. The molecule has 0 unspecified atom stereocenters. The van der Waals surface area contributed by atoms with Crippen molar-refractivity contribution in [3.63, 3.8) is 0 Å². The van der Waals surface area contributed by atoms with E-state index < -0.39 is 7.14 Å². The van der Waals surface area contributed by atoms with E-state index in [4.69, 9.17) is 4.74 Å². The second kappa shape index (κ2) is 3.65. The average molecular weight is 196 g/mol. The van der Waals surface area contributed by atoms with Gasteiger partial charge in [-0.3, -0.25) is 0 Å². The van der Waals surface area contributed by atoms with Crippen molar-refractivity contribution in [2.75, 3.05) is 25.5 Å². The zero-order chi connectivity index (χ0) is 9.15. The molecule has 1 aromatic rings. The summed E-state index contributed by atoms with van der Waals surface area (Å²) in [5.41, 5.74) is 0. The van der Waals surface area contributed by atoms with E-state index in [0.717, 1.165) is 5.30 Å². The molecule has 2 nitrogen and oxygen atoms in total. The smallest absolute Gasteiger partial charge is 0.120 e. The maximum Gasteiger partial charge on any atom is 0.120 e. The molecule has 0 spiro atoms. The van der Waals surface area contributed by atoms with E-state index in [2.05, 4.69) is 0 Å². The van der Waals surface area contributed by atoms with Crippen molar-refractivity contribution in [2.24, 2.45) is 0 Å². The summed E-state index contributed by atoms with van der Waals surface area (Å²) in [4.78, 5) is 0. The van der Waals surface area contributed by atoms with Crippen LogP contribution in [0.1, 0.15) is 0 Å². The van der Waals surface area contributed by atoms with Crippen molar-refractivity contribution in [1.29, 1.82) is 0 Å². The Morgan fingerprint density at radius 2 is 1.69 bits per heavy atom. The van der Waals surface area contributed by atoms with Gasteiger partial charge in [0, 0.05) is 17.6 Å². The van der Waals surface area contributed by atoms with E-state index in [0.29, 0.717) is 25.5 Å². The highest BCUT2D eigenvalue weighted by atomic mass is 31.2. The Kier molecular flexibility index (Phi) is 2.52. The Balaban J connectivity index is 2.29. The van der Waals surface area contributed by atoms with Crippen LogP contribution in [0.5, 0.6) is 0 Å². The lowest BCUT2D eigenvalue weighted by Crippen LogP contribution is -2.21. The van der Waals surface area contributed by atoms with E-state index in [9.17, 15) is 4.57 Å². The van der Waals surface area contributed by atoms with Gasteiger partial charge in [0.25, 0.3) is 0 Å². The molecule has 70 valence electrons. The van der Waals surface area contributed by atoms with Gasteiger partial charge in [0.15, 0.2) is 0 Å². The third-order valence-electron chi connectivity index (χ3n) is 2.42. The first-order valence-corrected chi connectivity index (χ1v) is 6.60. The Hall–Kier alpha value is -0.590. The molecule has 0 amide bonds. The third-order valence-corrected chi connectivity index (χ3v) is 5.47. The molecule has 0 atom stereocenters. The van der Waals surface area contributed by atoms with Gasteiger partial charge in [-0.1, -0.05) is 30.3 Å². The van der Waals surface area contributed by atoms with Crippen LogP contribution in [0.15, 0.2) is 30.3 Å². The number of hydrogen-bond donors (Lipinski definition) is 0. The maximum absolute atomic E-state index is 12.4. The van der Waals surface area contributed by atoms with E-state index >= 15 is 0 Å². The van der Waals surface area contributed by atoms with Gasteiger partial charge in [-0.15, -0.1) is 0 Å². The molecule has 0 aromatic heterocycles. The highest BCUT2D eigenvalue weighted by molar-refractivity contribution is 7.71. The lowest BCUT2D eigenvalue weighted by Gasteiger charge is -2.23. The Morgan fingerprint density at radius 1 is 1.08 bits per heavy atom. The first kappa shape index (κ1) is 8.98. The van der Waals surface area contributed by atoms with Crippen LogP contribution in [0.25, 0.3) is 0 Å². The molecule has 1 aliphatic heterocycles. The lowest BCUT2D eigenvalue weighted by molar-refractivity contribution is 0.156. The van der Waals surface area contributed by atoms with E-state index in [1.54, 1.807) is 0 Å². The first-order valence-electron chi connectivity index (χ1n) is 4.53. The van der Waals surface area contributed by atoms with Crippen molar-refractivity contribution in [1.82, 2.24) is 0 Å². The molecular weight excluding hydrogens is 183 g/mol. The molecule has 3 heteroatoms. The fourth-order valence-electron chi connectivity index (χ4n) is 1.60. The van der Waals surface area contributed by atoms with Gasteiger partial charge in [-0.25, -0.2) is 0 Å². The number of rotatable bonds is 1. The average Bonchev–Trinajstić information content (AvgIpc) is 2.20. The van der Waals surface area contributed by atoms with Crippen LogP contribution in [0.4, 0.5) is 0 Å². The van der Waals surface area contributed by atoms with Crippen molar-refractivity contribution in [3.05, 3.63) is 30.3 Å². The fourth-order valence-corrected chi connectivity index (χ4v) is 3.90. The summed E-state index contributed by atoms with van der Waals surface area (Å²) >= 11 is 0. The second-order valence-corrected chi connectivity index (χ2v) is 6.47. The summed E-state index contributed by atoms with van der Waals surface area (Å²) in [5.74, 6) is 0. The summed E-state index contributed by atoms with van der Waals surface area (Å²) in [7, 11) is -2.09. The molecule has 1 fully saturated rings. The molecule has 0 radical (unpaired) electrons. The van der Waals surface area contributed by atoms with Crippen molar-refractivity contribution >= 4 is 12.4 Å². The summed E-state index contributed by atoms with van der Waals surface area (Å²) in [6.07, 6.45) is 1.41. The van der Waals surface area contributed by atoms with Crippen molar-refractivity contribution < 1.29 is 9.30 Å². The minimum Gasteiger partial charge on any atom is -0.380 e. The van der Waals surface area contributed by atoms with Gasteiger partial charge >= 0.3 is 0 Å². The number of hydrogen-bond acceptors (Lipinski definition) is 2. The molecule has 0 aliphatic carbocycles. The normalized spacial score (nSPS) is 21.2. The van der Waals surface area contributed by atoms with Gasteiger partial charge in [0.1, 0.15) is 7.14 Å². The van der Waals surface area contributed by atoms with Gasteiger partial charge in [0.05, 0.1) is 13.2 Å². The van der Waals surface area contributed by atoms with Crippen LogP contribution in [-0.4, -0.2) is 25.5 Å². The molecule has 0 N–H and O–H groups in total. The van der Waals surface area contributed by atoms with Crippen LogP contribution in [-0.2, 0) is 9.30 Å². The van der Waals surface area contributed by atoms with Crippen LogP contribution in [0, 0.1) is 0 Å². The van der Waals surface area contributed by atoms with E-state index in [-0.39, 0.29) is 0 Å². The van der Waals surface area contributed by atoms with Crippen molar-refractivity contribution in [3.8, 4) is 0 Å². The number of benzene rings is 1. The molecule has 2 rings (SSSR count). The maximum atomic E-state index is 12.4. The monoisotopic (exact) mass is 196 g/mol. The van der Waals surface area contributed by atoms with Crippen LogP contribution < -0.4 is 5.30 Å². The molecule has 1 aromatic carbocycles. The standard InChI is InChI=1S/C10H13O2P/c11-13(8-6-12-7-9-13)10-4-2-1-3-5-10/h1-5H,6-9H2. The molecule has 0 saturated carbocycles. The first-order chi connectivity index (χ1) is 6.31. The quantitative estimate of drug-likeness (QED) is 0.639. The van der Waals surface area contributed by atoms with Crippen LogP contribution >= 0.6 is 7.14 Å². The fraction of sp³-hybridized carbons (Fsp3) is 0.400.